The van der Waals surface area contributed by atoms with Gasteiger partial charge in [-0.25, -0.2) is 4.98 Å². The third-order valence-corrected chi connectivity index (χ3v) is 4.66. The lowest BCUT2D eigenvalue weighted by Crippen LogP contribution is -2.12. The van der Waals surface area contributed by atoms with Crippen LogP contribution in [0.3, 0.4) is 0 Å². The van der Waals surface area contributed by atoms with Crippen molar-refractivity contribution < 1.29 is 5.11 Å². The van der Waals surface area contributed by atoms with Gasteiger partial charge in [-0.3, -0.25) is 0 Å². The van der Waals surface area contributed by atoms with E-state index >= 15 is 0 Å². The number of rotatable bonds is 1. The van der Waals surface area contributed by atoms with Gasteiger partial charge in [0.2, 0.25) is 0 Å². The molecule has 108 valence electrons. The van der Waals surface area contributed by atoms with Crippen LogP contribution in [-0.4, -0.2) is 10.1 Å². The normalized spacial score (nSPS) is 12.0. The molecule has 2 nitrogen and oxygen atoms in total. The zero-order valence-electron chi connectivity index (χ0n) is 12.8. The molecule has 2 aromatic carbocycles. The number of para-hydroxylation sites is 1. The molecule has 0 saturated heterocycles. The monoisotopic (exact) mass is 297 g/mol. The van der Waals surface area contributed by atoms with Crippen LogP contribution in [0.2, 0.25) is 0 Å². The number of thiazole rings is 1. The lowest BCUT2D eigenvalue weighted by Gasteiger charge is -2.22. The highest BCUT2D eigenvalue weighted by Gasteiger charge is 2.22. The van der Waals surface area contributed by atoms with E-state index in [9.17, 15) is 5.11 Å². The number of phenolic OH excluding ortho intramolecular Hbond substituents is 1. The molecule has 0 saturated carbocycles. The summed E-state index contributed by atoms with van der Waals surface area (Å²) in [5.41, 5.74) is 3.84. The standard InChI is InChI=1S/C18H19NOS/c1-11-9-12(16(20)13(10-11)18(2,3)4)17-19-14-7-5-6-8-15(14)21-17/h5-10,20H,1-4H3. The first-order chi connectivity index (χ1) is 9.86. The molecule has 0 fully saturated rings. The minimum absolute atomic E-state index is 0.0957. The Morgan fingerprint density at radius 2 is 1.81 bits per heavy atom. The Kier molecular flexibility index (Phi) is 3.25. The van der Waals surface area contributed by atoms with Gasteiger partial charge in [-0.2, -0.15) is 0 Å². The third-order valence-electron chi connectivity index (χ3n) is 3.59. The maximum Gasteiger partial charge on any atom is 0.129 e. The maximum absolute atomic E-state index is 10.7. The van der Waals surface area contributed by atoms with E-state index in [1.807, 2.05) is 24.3 Å². The highest BCUT2D eigenvalue weighted by atomic mass is 32.1. The van der Waals surface area contributed by atoms with Crippen LogP contribution in [0.4, 0.5) is 0 Å². The van der Waals surface area contributed by atoms with Crippen molar-refractivity contribution in [3.63, 3.8) is 0 Å². The summed E-state index contributed by atoms with van der Waals surface area (Å²) in [5, 5.41) is 11.6. The summed E-state index contributed by atoms with van der Waals surface area (Å²) in [7, 11) is 0. The highest BCUT2D eigenvalue weighted by Crippen LogP contribution is 2.41. The molecule has 1 N–H and O–H groups in total. The molecule has 3 rings (SSSR count). The van der Waals surface area contributed by atoms with Crippen molar-refractivity contribution in [3.05, 3.63) is 47.5 Å². The molecule has 0 spiro atoms. The predicted molar refractivity (Wildman–Crippen MR) is 90.2 cm³/mol. The quantitative estimate of drug-likeness (QED) is 0.663. The molecule has 1 heterocycles. The zero-order valence-corrected chi connectivity index (χ0v) is 13.6. The molecule has 0 bridgehead atoms. The Morgan fingerprint density at radius 1 is 1.10 bits per heavy atom. The number of aromatic hydroxyl groups is 1. The predicted octanol–water partition coefficient (Wildman–Crippen LogP) is 5.27. The van der Waals surface area contributed by atoms with Crippen LogP contribution < -0.4 is 0 Å². The smallest absolute Gasteiger partial charge is 0.129 e. The van der Waals surface area contributed by atoms with E-state index in [0.717, 1.165) is 31.9 Å². The summed E-state index contributed by atoms with van der Waals surface area (Å²) in [6.45, 7) is 8.41. The number of hydrogen-bond donors (Lipinski definition) is 1. The van der Waals surface area contributed by atoms with Gasteiger partial charge < -0.3 is 5.11 Å². The minimum Gasteiger partial charge on any atom is -0.507 e. The first-order valence-electron chi connectivity index (χ1n) is 7.06. The van der Waals surface area contributed by atoms with Gasteiger partial charge in [-0.1, -0.05) is 39.0 Å². The fourth-order valence-electron chi connectivity index (χ4n) is 2.50. The molecule has 0 aliphatic rings. The van der Waals surface area contributed by atoms with Crippen molar-refractivity contribution in [3.8, 4) is 16.3 Å². The van der Waals surface area contributed by atoms with Crippen molar-refractivity contribution in [2.75, 3.05) is 0 Å². The second-order valence-corrected chi connectivity index (χ2v) is 7.48. The van der Waals surface area contributed by atoms with Crippen molar-refractivity contribution in [2.45, 2.75) is 33.1 Å². The lowest BCUT2D eigenvalue weighted by molar-refractivity contribution is 0.448. The molecule has 0 radical (unpaired) electrons. The topological polar surface area (TPSA) is 33.1 Å². The second-order valence-electron chi connectivity index (χ2n) is 6.45. The third kappa shape index (κ3) is 2.54. The fourth-order valence-corrected chi connectivity index (χ4v) is 3.48. The minimum atomic E-state index is -0.0957. The van der Waals surface area contributed by atoms with Gasteiger partial charge in [0.25, 0.3) is 0 Å². The van der Waals surface area contributed by atoms with Gasteiger partial charge in [0.05, 0.1) is 15.8 Å². The van der Waals surface area contributed by atoms with E-state index in [1.165, 1.54) is 0 Å². The summed E-state index contributed by atoms with van der Waals surface area (Å²) in [5.74, 6) is 0.354. The van der Waals surface area contributed by atoms with Crippen LogP contribution in [0.15, 0.2) is 36.4 Å². The maximum atomic E-state index is 10.7. The summed E-state index contributed by atoms with van der Waals surface area (Å²) in [6, 6.07) is 12.2. The molecule has 0 aliphatic heterocycles. The number of nitrogens with zero attached hydrogens (tertiary/aromatic N) is 1. The number of hydrogen-bond acceptors (Lipinski definition) is 3. The van der Waals surface area contributed by atoms with Gasteiger partial charge in [0.1, 0.15) is 10.8 Å². The van der Waals surface area contributed by atoms with E-state index in [1.54, 1.807) is 11.3 Å². The van der Waals surface area contributed by atoms with Crippen LogP contribution in [0, 0.1) is 6.92 Å². The second kappa shape index (κ2) is 4.85. The average molecular weight is 297 g/mol. The highest BCUT2D eigenvalue weighted by molar-refractivity contribution is 7.21. The van der Waals surface area contributed by atoms with E-state index < -0.39 is 0 Å². The number of benzene rings is 2. The molecular formula is C18H19NOS. The summed E-state index contributed by atoms with van der Waals surface area (Å²) >= 11 is 1.62. The fraction of sp³-hybridized carbons (Fsp3) is 0.278. The molecule has 0 unspecified atom stereocenters. The van der Waals surface area contributed by atoms with E-state index in [0.29, 0.717) is 5.75 Å². The van der Waals surface area contributed by atoms with E-state index in [-0.39, 0.29) is 5.41 Å². The lowest BCUT2D eigenvalue weighted by atomic mass is 9.84. The molecule has 3 aromatic rings. The first kappa shape index (κ1) is 14.1. The van der Waals surface area contributed by atoms with Crippen LogP contribution in [0.1, 0.15) is 31.9 Å². The molecular weight excluding hydrogens is 278 g/mol. The van der Waals surface area contributed by atoms with Gasteiger partial charge >= 0.3 is 0 Å². The average Bonchev–Trinajstić information content (AvgIpc) is 2.83. The Labute approximate surface area is 129 Å². The van der Waals surface area contributed by atoms with Gasteiger partial charge in [0.15, 0.2) is 0 Å². The molecule has 0 amide bonds. The van der Waals surface area contributed by atoms with E-state index in [2.05, 4.69) is 44.8 Å². The molecule has 3 heteroatoms. The summed E-state index contributed by atoms with van der Waals surface area (Å²) in [4.78, 5) is 4.67. The molecule has 0 atom stereocenters. The van der Waals surface area contributed by atoms with Crippen molar-refractivity contribution in [2.24, 2.45) is 0 Å². The Balaban J connectivity index is 2.24. The SMILES string of the molecule is Cc1cc(-c2nc3ccccc3s2)c(O)c(C(C)(C)C)c1. The molecule has 1 aromatic heterocycles. The van der Waals surface area contributed by atoms with Crippen LogP contribution >= 0.6 is 11.3 Å². The van der Waals surface area contributed by atoms with Crippen LogP contribution in [0.25, 0.3) is 20.8 Å². The Hall–Kier alpha value is -1.87. The van der Waals surface area contributed by atoms with Gasteiger partial charge in [0, 0.05) is 5.56 Å². The Morgan fingerprint density at radius 3 is 2.48 bits per heavy atom. The number of aromatic nitrogens is 1. The molecule has 0 aliphatic carbocycles. The van der Waals surface area contributed by atoms with Gasteiger partial charge in [-0.15, -0.1) is 11.3 Å². The number of aryl methyl sites for hydroxylation is 1. The summed E-state index contributed by atoms with van der Waals surface area (Å²) < 4.78 is 1.14. The van der Waals surface area contributed by atoms with Crippen LogP contribution in [0.5, 0.6) is 5.75 Å². The first-order valence-corrected chi connectivity index (χ1v) is 7.88. The van der Waals surface area contributed by atoms with Gasteiger partial charge in [-0.05, 0) is 36.1 Å². The van der Waals surface area contributed by atoms with Crippen molar-refractivity contribution in [1.29, 1.82) is 0 Å². The summed E-state index contributed by atoms with van der Waals surface area (Å²) in [6.07, 6.45) is 0. The van der Waals surface area contributed by atoms with E-state index in [4.69, 9.17) is 0 Å². The molecule has 21 heavy (non-hydrogen) atoms. The number of fused-ring (bicyclic) bond motifs is 1. The Bertz CT molecular complexity index is 779. The zero-order chi connectivity index (χ0) is 15.2. The number of phenols is 1. The van der Waals surface area contributed by atoms with Crippen LogP contribution in [-0.2, 0) is 5.41 Å². The largest absolute Gasteiger partial charge is 0.507 e. The van der Waals surface area contributed by atoms with Crippen molar-refractivity contribution >= 4 is 21.6 Å². The van der Waals surface area contributed by atoms with Crippen molar-refractivity contribution in [1.82, 2.24) is 4.98 Å².